The molecule has 0 radical (unpaired) electrons. The van der Waals surface area contributed by atoms with Crippen molar-refractivity contribution in [2.24, 2.45) is 23.7 Å². The molecule has 5 aliphatic carbocycles. The average Bonchev–Trinajstić information content (AvgIpc) is 3.59. The zero-order chi connectivity index (χ0) is 38.9. The first-order chi connectivity index (χ1) is 29.2. The summed E-state index contributed by atoms with van der Waals surface area (Å²) in [5, 5.41) is 0. The van der Waals surface area contributed by atoms with Crippen LogP contribution in [0.4, 0.5) is 17.1 Å². The molecule has 0 heterocycles. The smallest absolute Gasteiger partial charge is 0.0462 e. The number of rotatable bonds is 7. The van der Waals surface area contributed by atoms with Gasteiger partial charge in [-0.1, -0.05) is 158 Å². The van der Waals surface area contributed by atoms with Crippen molar-refractivity contribution in [1.82, 2.24) is 0 Å². The second-order valence-corrected chi connectivity index (χ2v) is 17.7. The van der Waals surface area contributed by atoms with E-state index in [1.54, 1.807) is 11.1 Å². The minimum absolute atomic E-state index is 0.197. The molecule has 4 saturated carbocycles. The standard InChI is InChI=1S/C58H47N/c1-3-11-41(12-4-1)43-19-26-49(27-20-43)59(50-28-21-44(22-29-50)42-13-5-2-6-14-42)51-30-23-45(24-31-51)52-15-7-8-16-53(52)46-25-32-57-55(38-46)54-17-9-10-18-56(54)58(57)47-34-39-33-40(36-47)37-48(58)35-39/h1-32,38-40,47-48H,33-37H2. The predicted octanol–water partition coefficient (Wildman–Crippen LogP) is 15.5. The summed E-state index contributed by atoms with van der Waals surface area (Å²) in [6.07, 6.45) is 7.14. The van der Waals surface area contributed by atoms with Crippen LogP contribution in [0.1, 0.15) is 43.2 Å². The van der Waals surface area contributed by atoms with E-state index >= 15 is 0 Å². The van der Waals surface area contributed by atoms with Crippen molar-refractivity contribution in [3.63, 3.8) is 0 Å². The molecule has 13 rings (SSSR count). The fourth-order valence-electron chi connectivity index (χ4n) is 12.4. The van der Waals surface area contributed by atoms with Crippen LogP contribution in [0.5, 0.6) is 0 Å². The third-order valence-electron chi connectivity index (χ3n) is 14.7. The van der Waals surface area contributed by atoms with Crippen molar-refractivity contribution >= 4 is 17.1 Å². The van der Waals surface area contributed by atoms with E-state index in [-0.39, 0.29) is 5.41 Å². The van der Waals surface area contributed by atoms with E-state index < -0.39 is 0 Å². The summed E-state index contributed by atoms with van der Waals surface area (Å²) in [6.45, 7) is 0. The molecule has 1 spiro atoms. The van der Waals surface area contributed by atoms with Crippen molar-refractivity contribution in [1.29, 1.82) is 0 Å². The Kier molecular flexibility index (Phi) is 8.12. The Hall–Kier alpha value is -6.44. The van der Waals surface area contributed by atoms with Gasteiger partial charge < -0.3 is 4.90 Å². The third-order valence-corrected chi connectivity index (χ3v) is 14.7. The van der Waals surface area contributed by atoms with Crippen LogP contribution in [0.3, 0.4) is 0 Å². The molecule has 0 saturated heterocycles. The normalized spacial score (nSPS) is 22.0. The topological polar surface area (TPSA) is 3.24 Å². The van der Waals surface area contributed by atoms with Gasteiger partial charge in [-0.25, -0.2) is 0 Å². The average molecular weight is 758 g/mol. The maximum atomic E-state index is 2.55. The van der Waals surface area contributed by atoms with Crippen LogP contribution in [0.25, 0.3) is 55.6 Å². The van der Waals surface area contributed by atoms with Gasteiger partial charge in [0.05, 0.1) is 0 Å². The Balaban J connectivity index is 0.910. The van der Waals surface area contributed by atoms with E-state index in [2.05, 4.69) is 205 Å². The number of hydrogen-bond donors (Lipinski definition) is 0. The first kappa shape index (κ1) is 34.6. The molecule has 1 heteroatoms. The second kappa shape index (κ2) is 13.8. The lowest BCUT2D eigenvalue weighted by molar-refractivity contribution is -0.0399. The number of hydrogen-bond acceptors (Lipinski definition) is 1. The second-order valence-electron chi connectivity index (χ2n) is 17.7. The molecule has 284 valence electrons. The molecule has 4 fully saturated rings. The van der Waals surface area contributed by atoms with Gasteiger partial charge in [-0.15, -0.1) is 0 Å². The molecular weight excluding hydrogens is 711 g/mol. The van der Waals surface area contributed by atoms with Crippen LogP contribution in [0.15, 0.2) is 200 Å². The summed E-state index contributed by atoms with van der Waals surface area (Å²) in [7, 11) is 0. The van der Waals surface area contributed by atoms with Gasteiger partial charge in [0.25, 0.3) is 0 Å². The molecule has 0 N–H and O–H groups in total. The van der Waals surface area contributed by atoms with Crippen molar-refractivity contribution in [2.45, 2.75) is 37.5 Å². The van der Waals surface area contributed by atoms with E-state index in [1.807, 2.05) is 0 Å². The molecule has 4 bridgehead atoms. The SMILES string of the molecule is c1ccc(-c2ccc(N(c3ccc(-c4ccccc4)cc3)c3ccc(-c4ccccc4-c4ccc5c(c4)-c4ccccc4C54C5CC6CC(C5)CC4C6)cc3)cc2)cc1. The largest absolute Gasteiger partial charge is 0.311 e. The quantitative estimate of drug-likeness (QED) is 0.156. The summed E-state index contributed by atoms with van der Waals surface area (Å²) in [5.41, 5.74) is 19.7. The lowest BCUT2D eigenvalue weighted by Gasteiger charge is -2.61. The van der Waals surface area contributed by atoms with Crippen molar-refractivity contribution in [3.05, 3.63) is 211 Å². The van der Waals surface area contributed by atoms with Gasteiger partial charge in [0.2, 0.25) is 0 Å². The maximum Gasteiger partial charge on any atom is 0.0462 e. The number of benzene rings is 8. The Morgan fingerprint density at radius 2 is 0.695 bits per heavy atom. The van der Waals surface area contributed by atoms with Crippen LogP contribution in [0, 0.1) is 23.7 Å². The van der Waals surface area contributed by atoms with Gasteiger partial charge in [0.1, 0.15) is 0 Å². The highest BCUT2D eigenvalue weighted by Crippen LogP contribution is 2.69. The molecular formula is C58H47N. The van der Waals surface area contributed by atoms with E-state index in [0.717, 1.165) is 40.7 Å². The van der Waals surface area contributed by atoms with Gasteiger partial charge in [-0.3, -0.25) is 0 Å². The lowest BCUT2D eigenvalue weighted by atomic mass is 9.43. The highest BCUT2D eigenvalue weighted by molar-refractivity contribution is 5.90. The monoisotopic (exact) mass is 757 g/mol. The molecule has 0 aliphatic heterocycles. The van der Waals surface area contributed by atoms with E-state index in [0.29, 0.717) is 0 Å². The highest BCUT2D eigenvalue weighted by atomic mass is 15.1. The Bertz CT molecular complexity index is 2690. The fourth-order valence-corrected chi connectivity index (χ4v) is 12.4. The van der Waals surface area contributed by atoms with Gasteiger partial charge in [0, 0.05) is 22.5 Å². The first-order valence-electron chi connectivity index (χ1n) is 21.8. The Morgan fingerprint density at radius 1 is 0.305 bits per heavy atom. The lowest BCUT2D eigenvalue weighted by Crippen LogP contribution is -2.55. The van der Waals surface area contributed by atoms with Crippen LogP contribution in [-0.2, 0) is 5.41 Å². The summed E-state index contributed by atoms with van der Waals surface area (Å²) >= 11 is 0. The molecule has 1 nitrogen and oxygen atoms in total. The first-order valence-corrected chi connectivity index (χ1v) is 21.8. The predicted molar refractivity (Wildman–Crippen MR) is 246 cm³/mol. The minimum atomic E-state index is 0.197. The van der Waals surface area contributed by atoms with Crippen LogP contribution in [0.2, 0.25) is 0 Å². The molecule has 8 aromatic carbocycles. The van der Waals surface area contributed by atoms with Gasteiger partial charge >= 0.3 is 0 Å². The summed E-state index contributed by atoms with van der Waals surface area (Å²) in [5.74, 6) is 3.45. The molecule has 0 aromatic heterocycles. The molecule has 8 aromatic rings. The molecule has 0 atom stereocenters. The molecule has 0 unspecified atom stereocenters. The third kappa shape index (κ3) is 5.59. The van der Waals surface area contributed by atoms with Gasteiger partial charge in [-0.05, 0) is 165 Å². The number of anilines is 3. The molecule has 59 heavy (non-hydrogen) atoms. The van der Waals surface area contributed by atoms with Gasteiger partial charge in [-0.2, -0.15) is 0 Å². The summed E-state index contributed by atoms with van der Waals surface area (Å²) < 4.78 is 0. The van der Waals surface area contributed by atoms with Crippen molar-refractivity contribution < 1.29 is 0 Å². The molecule has 5 aliphatic rings. The van der Waals surface area contributed by atoms with Crippen LogP contribution < -0.4 is 4.90 Å². The van der Waals surface area contributed by atoms with E-state index in [4.69, 9.17) is 0 Å². The summed E-state index contributed by atoms with van der Waals surface area (Å²) in [6, 6.07) is 74.4. The van der Waals surface area contributed by atoms with Crippen molar-refractivity contribution in [3.8, 4) is 55.6 Å². The zero-order valence-corrected chi connectivity index (χ0v) is 33.3. The molecule has 0 amide bonds. The highest BCUT2D eigenvalue weighted by Gasteiger charge is 2.61. The van der Waals surface area contributed by atoms with Gasteiger partial charge in [0.15, 0.2) is 0 Å². The zero-order valence-electron chi connectivity index (χ0n) is 33.3. The maximum absolute atomic E-state index is 2.55. The summed E-state index contributed by atoms with van der Waals surface area (Å²) in [4.78, 5) is 2.37. The fraction of sp³-hybridized carbons (Fsp3) is 0.172. The van der Waals surface area contributed by atoms with Crippen LogP contribution in [-0.4, -0.2) is 0 Å². The Morgan fingerprint density at radius 3 is 1.22 bits per heavy atom. The number of fused-ring (bicyclic) bond motifs is 3. The minimum Gasteiger partial charge on any atom is -0.311 e. The van der Waals surface area contributed by atoms with Crippen molar-refractivity contribution in [2.75, 3.05) is 4.90 Å². The Labute approximate surface area is 348 Å². The number of nitrogens with zero attached hydrogens (tertiary/aromatic N) is 1. The van der Waals surface area contributed by atoms with E-state index in [1.165, 1.54) is 87.7 Å². The van der Waals surface area contributed by atoms with Crippen LogP contribution >= 0.6 is 0 Å². The van der Waals surface area contributed by atoms with E-state index in [9.17, 15) is 0 Å².